The molecule has 7 nitrogen and oxygen atoms in total. The van der Waals surface area contributed by atoms with E-state index in [-0.39, 0.29) is 5.56 Å². The van der Waals surface area contributed by atoms with Crippen molar-refractivity contribution in [3.05, 3.63) is 48.3 Å². The van der Waals surface area contributed by atoms with E-state index in [2.05, 4.69) is 9.97 Å². The van der Waals surface area contributed by atoms with E-state index in [9.17, 15) is 9.90 Å². The monoisotopic (exact) mass is 301 g/mol. The van der Waals surface area contributed by atoms with E-state index in [0.717, 1.165) is 0 Å². The molecule has 1 aromatic carbocycles. The Bertz CT molecular complexity index is 665. The number of aromatic nitrogens is 2. The summed E-state index contributed by atoms with van der Waals surface area (Å²) in [4.78, 5) is 21.1. The second kappa shape index (κ2) is 5.98. The van der Waals surface area contributed by atoms with E-state index >= 15 is 0 Å². The molecule has 1 aromatic heterocycles. The number of hydrogen-bond acceptors (Lipinski definition) is 6. The zero-order valence-corrected chi connectivity index (χ0v) is 11.7. The Hall–Kier alpha value is -2.67. The van der Waals surface area contributed by atoms with Crippen LogP contribution >= 0.6 is 0 Å². The quantitative estimate of drug-likeness (QED) is 0.862. The number of anilines is 1. The van der Waals surface area contributed by atoms with Gasteiger partial charge in [-0.3, -0.25) is 0 Å². The molecule has 2 heterocycles. The van der Waals surface area contributed by atoms with Gasteiger partial charge in [0.1, 0.15) is 18.0 Å². The molecule has 3 rings (SSSR count). The van der Waals surface area contributed by atoms with E-state index in [1.807, 2.05) is 4.90 Å². The van der Waals surface area contributed by atoms with Gasteiger partial charge < -0.3 is 19.8 Å². The van der Waals surface area contributed by atoms with Crippen LogP contribution in [0.15, 0.2) is 42.7 Å². The Balaban J connectivity index is 1.71. The van der Waals surface area contributed by atoms with Crippen molar-refractivity contribution in [2.24, 2.45) is 0 Å². The molecule has 0 amide bonds. The number of β-amino-alcohol motifs (C(OH)–C–C–N with tert-alkyl or cyclic N) is 1. The maximum atomic E-state index is 11.0. The minimum Gasteiger partial charge on any atom is -0.486 e. The Kier molecular flexibility index (Phi) is 3.88. The lowest BCUT2D eigenvalue weighted by Crippen LogP contribution is -2.30. The molecule has 0 saturated carbocycles. The molecule has 2 N–H and O–H groups in total. The smallest absolute Gasteiger partial charge is 0.335 e. The normalized spacial score (nSPS) is 20.9. The number of hydrogen-bond donors (Lipinski definition) is 2. The summed E-state index contributed by atoms with van der Waals surface area (Å²) in [6.07, 6.45) is 2.11. The molecule has 0 unspecified atom stereocenters. The summed E-state index contributed by atoms with van der Waals surface area (Å²) >= 11 is 0. The highest BCUT2D eigenvalue weighted by Gasteiger charge is 2.34. The lowest BCUT2D eigenvalue weighted by atomic mass is 10.2. The molecule has 1 aliphatic rings. The molecule has 22 heavy (non-hydrogen) atoms. The van der Waals surface area contributed by atoms with Crippen LogP contribution in [0.1, 0.15) is 10.4 Å². The number of aliphatic hydroxyl groups excluding tert-OH is 1. The van der Waals surface area contributed by atoms with E-state index in [1.165, 1.54) is 12.1 Å². The number of ether oxygens (including phenoxy) is 1. The lowest BCUT2D eigenvalue weighted by molar-refractivity contribution is 0.0688. The zero-order chi connectivity index (χ0) is 15.5. The van der Waals surface area contributed by atoms with Crippen molar-refractivity contribution >= 4 is 11.9 Å². The largest absolute Gasteiger partial charge is 0.486 e. The van der Waals surface area contributed by atoms with Gasteiger partial charge in [0.2, 0.25) is 5.95 Å². The highest BCUT2D eigenvalue weighted by molar-refractivity contribution is 5.88. The zero-order valence-electron chi connectivity index (χ0n) is 11.7. The van der Waals surface area contributed by atoms with E-state index in [0.29, 0.717) is 24.8 Å². The maximum Gasteiger partial charge on any atom is 0.335 e. The van der Waals surface area contributed by atoms with Crippen LogP contribution in [0.3, 0.4) is 0 Å². The number of carboxylic acid groups (broad SMARTS) is 1. The molecular weight excluding hydrogens is 286 g/mol. The van der Waals surface area contributed by atoms with Gasteiger partial charge in [0.25, 0.3) is 0 Å². The molecule has 1 aliphatic heterocycles. The average molecular weight is 301 g/mol. The average Bonchev–Trinajstić information content (AvgIpc) is 2.89. The van der Waals surface area contributed by atoms with E-state index in [1.54, 1.807) is 30.6 Å². The summed E-state index contributed by atoms with van der Waals surface area (Å²) in [6, 6.07) is 7.93. The minimum atomic E-state index is -1.02. The molecule has 7 heteroatoms. The maximum absolute atomic E-state index is 11.0. The number of rotatable bonds is 4. The minimum absolute atomic E-state index is 0.147. The highest BCUT2D eigenvalue weighted by Crippen LogP contribution is 2.22. The van der Waals surface area contributed by atoms with Crippen LogP contribution < -0.4 is 9.64 Å². The molecule has 114 valence electrons. The molecule has 1 saturated heterocycles. The van der Waals surface area contributed by atoms with E-state index < -0.39 is 18.2 Å². The van der Waals surface area contributed by atoms with Crippen LogP contribution in [0.2, 0.25) is 0 Å². The predicted molar refractivity (Wildman–Crippen MR) is 78.1 cm³/mol. The fourth-order valence-electron chi connectivity index (χ4n) is 2.37. The Morgan fingerprint density at radius 1 is 1.23 bits per heavy atom. The number of aromatic carboxylic acids is 1. The van der Waals surface area contributed by atoms with Crippen molar-refractivity contribution in [2.45, 2.75) is 12.2 Å². The van der Waals surface area contributed by atoms with Gasteiger partial charge in [-0.2, -0.15) is 0 Å². The summed E-state index contributed by atoms with van der Waals surface area (Å²) in [5.41, 5.74) is 0.147. The molecule has 2 atom stereocenters. The third-order valence-corrected chi connectivity index (χ3v) is 3.44. The van der Waals surface area contributed by atoms with Gasteiger partial charge in [0.15, 0.2) is 0 Å². The van der Waals surface area contributed by atoms with Crippen molar-refractivity contribution in [3.63, 3.8) is 0 Å². The van der Waals surface area contributed by atoms with Gasteiger partial charge in [0, 0.05) is 12.4 Å². The van der Waals surface area contributed by atoms with Gasteiger partial charge in [-0.15, -0.1) is 0 Å². The molecule has 0 spiro atoms. The Morgan fingerprint density at radius 3 is 2.73 bits per heavy atom. The van der Waals surface area contributed by atoms with Crippen LogP contribution in [0.5, 0.6) is 5.75 Å². The number of aliphatic hydroxyl groups is 1. The Morgan fingerprint density at radius 2 is 2.00 bits per heavy atom. The highest BCUT2D eigenvalue weighted by atomic mass is 16.5. The fraction of sp³-hybridized carbons (Fsp3) is 0.267. The second-order valence-electron chi connectivity index (χ2n) is 5.01. The van der Waals surface area contributed by atoms with E-state index in [4.69, 9.17) is 9.84 Å². The first-order valence-electron chi connectivity index (χ1n) is 6.83. The summed E-state index contributed by atoms with van der Waals surface area (Å²) in [5.74, 6) is -0.0663. The van der Waals surface area contributed by atoms with Crippen molar-refractivity contribution in [1.82, 2.24) is 9.97 Å². The number of carboxylic acids is 1. The molecule has 0 radical (unpaired) electrons. The summed E-state index contributed by atoms with van der Waals surface area (Å²) < 4.78 is 5.72. The standard InChI is InChI=1S/C15H15N3O4/c19-12-8-18(15-16-5-2-6-17-15)9-13(12)22-11-4-1-3-10(7-11)14(20)21/h1-7,12-13,19H,8-9H2,(H,20,21)/t12-,13-/m1/s1. The summed E-state index contributed by atoms with van der Waals surface area (Å²) in [7, 11) is 0. The first kappa shape index (κ1) is 14.3. The van der Waals surface area contributed by atoms with Gasteiger partial charge in [-0.05, 0) is 24.3 Å². The summed E-state index contributed by atoms with van der Waals surface area (Å²) in [6.45, 7) is 0.801. The van der Waals surface area contributed by atoms with Crippen molar-refractivity contribution in [2.75, 3.05) is 18.0 Å². The van der Waals surface area contributed by atoms with Crippen molar-refractivity contribution < 1.29 is 19.7 Å². The molecular formula is C15H15N3O4. The molecule has 1 fully saturated rings. The third kappa shape index (κ3) is 2.99. The lowest BCUT2D eigenvalue weighted by Gasteiger charge is -2.17. The van der Waals surface area contributed by atoms with Gasteiger partial charge in [-0.1, -0.05) is 6.07 Å². The fourth-order valence-corrected chi connectivity index (χ4v) is 2.37. The molecule has 0 bridgehead atoms. The molecule has 2 aromatic rings. The van der Waals surface area contributed by atoms with Crippen molar-refractivity contribution in [3.8, 4) is 5.75 Å². The first-order valence-corrected chi connectivity index (χ1v) is 6.83. The SMILES string of the molecule is O=C(O)c1cccc(O[C@@H]2CN(c3ncccn3)C[C@H]2O)c1. The van der Waals surface area contributed by atoms with Gasteiger partial charge >= 0.3 is 5.97 Å². The van der Waals surface area contributed by atoms with Crippen LogP contribution in [0.4, 0.5) is 5.95 Å². The topological polar surface area (TPSA) is 95.8 Å². The third-order valence-electron chi connectivity index (χ3n) is 3.44. The van der Waals surface area contributed by atoms with Crippen LogP contribution in [-0.2, 0) is 0 Å². The van der Waals surface area contributed by atoms with Crippen LogP contribution in [0, 0.1) is 0 Å². The first-order chi connectivity index (χ1) is 10.6. The van der Waals surface area contributed by atoms with Crippen LogP contribution in [-0.4, -0.2) is 51.4 Å². The number of nitrogens with zero attached hydrogens (tertiary/aromatic N) is 3. The predicted octanol–water partition coefficient (Wildman–Crippen LogP) is 0.803. The Labute approximate surface area is 126 Å². The molecule has 0 aliphatic carbocycles. The van der Waals surface area contributed by atoms with Gasteiger partial charge in [0.05, 0.1) is 18.7 Å². The number of carbonyl (C=O) groups is 1. The van der Waals surface area contributed by atoms with Crippen LogP contribution in [0.25, 0.3) is 0 Å². The number of benzene rings is 1. The van der Waals surface area contributed by atoms with Gasteiger partial charge in [-0.25, -0.2) is 14.8 Å². The second-order valence-corrected chi connectivity index (χ2v) is 5.01. The summed E-state index contributed by atoms with van der Waals surface area (Å²) in [5, 5.41) is 19.1. The van der Waals surface area contributed by atoms with Crippen molar-refractivity contribution in [1.29, 1.82) is 0 Å².